The summed E-state index contributed by atoms with van der Waals surface area (Å²) in [5.41, 5.74) is 1.27. The lowest BCUT2D eigenvalue weighted by atomic mass is 9.93. The van der Waals surface area contributed by atoms with Gasteiger partial charge < -0.3 is 9.47 Å². The first kappa shape index (κ1) is 16.2. The van der Waals surface area contributed by atoms with Gasteiger partial charge in [-0.3, -0.25) is 0 Å². The molecule has 0 spiro atoms. The van der Waals surface area contributed by atoms with Crippen LogP contribution in [0.15, 0.2) is 36.0 Å². The van der Waals surface area contributed by atoms with Crippen LogP contribution in [0.25, 0.3) is 0 Å². The number of ether oxygens (including phenoxy) is 2. The van der Waals surface area contributed by atoms with Crippen molar-refractivity contribution < 1.29 is 9.47 Å². The maximum absolute atomic E-state index is 5.88. The first-order chi connectivity index (χ1) is 9.19. The number of unbranched alkanes of at least 4 members (excludes halogenated alkanes) is 1. The van der Waals surface area contributed by atoms with E-state index in [2.05, 4.69) is 51.2 Å². The Morgan fingerprint density at radius 1 is 1.32 bits per heavy atom. The van der Waals surface area contributed by atoms with E-state index in [4.69, 9.17) is 9.47 Å². The average Bonchev–Trinajstić information content (AvgIpc) is 2.43. The highest BCUT2D eigenvalue weighted by atomic mass is 16.5. The molecule has 0 bridgehead atoms. The van der Waals surface area contributed by atoms with Gasteiger partial charge >= 0.3 is 0 Å². The van der Waals surface area contributed by atoms with Crippen molar-refractivity contribution in [3.8, 4) is 0 Å². The fourth-order valence-electron chi connectivity index (χ4n) is 2.25. The molecule has 1 rings (SSSR count). The van der Waals surface area contributed by atoms with E-state index in [0.29, 0.717) is 12.0 Å². The number of allylic oxidation sites excluding steroid dienone is 5. The number of hydrogen-bond donors (Lipinski definition) is 0. The van der Waals surface area contributed by atoms with Gasteiger partial charge in [0, 0.05) is 19.4 Å². The molecule has 0 aromatic rings. The molecule has 0 saturated carbocycles. The lowest BCUT2D eigenvalue weighted by molar-refractivity contribution is -0.0788. The zero-order valence-corrected chi connectivity index (χ0v) is 12.8. The standard InChI is InChI=1S/C17H28O2/c1-5-6-7-8-9-10-11-14(2)17-12-16(18-4)15(3)13-19-17/h7-11,15-17H,5-6,12-13H2,1-4H3. The highest BCUT2D eigenvalue weighted by Gasteiger charge is 2.28. The Labute approximate surface area is 118 Å². The molecule has 108 valence electrons. The first-order valence-electron chi connectivity index (χ1n) is 7.33. The second-order valence-corrected chi connectivity index (χ2v) is 5.32. The maximum Gasteiger partial charge on any atom is 0.0810 e. The Bertz CT molecular complexity index is 328. The van der Waals surface area contributed by atoms with Crippen molar-refractivity contribution in [1.29, 1.82) is 0 Å². The maximum atomic E-state index is 5.88. The molecular formula is C17H28O2. The summed E-state index contributed by atoms with van der Waals surface area (Å²) in [6.07, 6.45) is 14.4. The zero-order valence-electron chi connectivity index (χ0n) is 12.8. The SMILES string of the molecule is CCCC=CC=CC=C(C)C1CC(OC)C(C)CO1. The fourth-order valence-corrected chi connectivity index (χ4v) is 2.25. The van der Waals surface area contributed by atoms with Gasteiger partial charge in [-0.2, -0.15) is 0 Å². The van der Waals surface area contributed by atoms with E-state index in [1.807, 2.05) is 0 Å². The number of methoxy groups -OCH3 is 1. The second-order valence-electron chi connectivity index (χ2n) is 5.32. The molecule has 1 heterocycles. The highest BCUT2D eigenvalue weighted by Crippen LogP contribution is 2.25. The van der Waals surface area contributed by atoms with E-state index in [1.165, 1.54) is 12.0 Å². The topological polar surface area (TPSA) is 18.5 Å². The molecule has 2 nitrogen and oxygen atoms in total. The van der Waals surface area contributed by atoms with Crippen LogP contribution < -0.4 is 0 Å². The molecule has 1 fully saturated rings. The van der Waals surface area contributed by atoms with Crippen molar-refractivity contribution in [3.63, 3.8) is 0 Å². The normalized spacial score (nSPS) is 29.5. The molecular weight excluding hydrogens is 236 g/mol. The molecule has 2 heteroatoms. The minimum Gasteiger partial charge on any atom is -0.381 e. The summed E-state index contributed by atoms with van der Waals surface area (Å²) < 4.78 is 11.4. The van der Waals surface area contributed by atoms with E-state index in [1.54, 1.807) is 7.11 Å². The molecule has 19 heavy (non-hydrogen) atoms. The van der Waals surface area contributed by atoms with E-state index < -0.39 is 0 Å². The summed E-state index contributed by atoms with van der Waals surface area (Å²) in [7, 11) is 1.79. The summed E-state index contributed by atoms with van der Waals surface area (Å²) in [6.45, 7) is 7.29. The Morgan fingerprint density at radius 2 is 2.11 bits per heavy atom. The van der Waals surface area contributed by atoms with Crippen LogP contribution in [-0.4, -0.2) is 25.9 Å². The summed E-state index contributed by atoms with van der Waals surface area (Å²) in [5, 5.41) is 0. The van der Waals surface area contributed by atoms with Crippen LogP contribution in [0.5, 0.6) is 0 Å². The van der Waals surface area contributed by atoms with Crippen LogP contribution in [0.1, 0.15) is 40.0 Å². The van der Waals surface area contributed by atoms with Crippen LogP contribution >= 0.6 is 0 Å². The largest absolute Gasteiger partial charge is 0.381 e. The predicted octanol–water partition coefficient (Wildman–Crippen LogP) is 4.29. The quantitative estimate of drug-likeness (QED) is 0.666. The van der Waals surface area contributed by atoms with E-state index in [-0.39, 0.29) is 6.10 Å². The Hall–Kier alpha value is -0.860. The van der Waals surface area contributed by atoms with Gasteiger partial charge in [-0.15, -0.1) is 0 Å². The molecule has 3 unspecified atom stereocenters. The first-order valence-corrected chi connectivity index (χ1v) is 7.33. The van der Waals surface area contributed by atoms with Crippen molar-refractivity contribution in [2.24, 2.45) is 5.92 Å². The smallest absolute Gasteiger partial charge is 0.0810 e. The molecule has 3 atom stereocenters. The minimum absolute atomic E-state index is 0.199. The van der Waals surface area contributed by atoms with Gasteiger partial charge in [-0.1, -0.05) is 50.6 Å². The third-order valence-corrected chi connectivity index (χ3v) is 3.62. The van der Waals surface area contributed by atoms with Crippen LogP contribution in [-0.2, 0) is 9.47 Å². The lowest BCUT2D eigenvalue weighted by Gasteiger charge is -2.34. The van der Waals surface area contributed by atoms with Gasteiger partial charge in [-0.25, -0.2) is 0 Å². The molecule has 0 aromatic carbocycles. The molecule has 0 radical (unpaired) electrons. The molecule has 1 aliphatic heterocycles. The van der Waals surface area contributed by atoms with Crippen molar-refractivity contribution in [2.75, 3.05) is 13.7 Å². The molecule has 1 saturated heterocycles. The molecule has 0 N–H and O–H groups in total. The van der Waals surface area contributed by atoms with E-state index >= 15 is 0 Å². The summed E-state index contributed by atoms with van der Waals surface area (Å²) in [5.74, 6) is 0.488. The zero-order chi connectivity index (χ0) is 14.1. The van der Waals surface area contributed by atoms with Crippen molar-refractivity contribution in [1.82, 2.24) is 0 Å². The minimum atomic E-state index is 0.199. The van der Waals surface area contributed by atoms with Crippen LogP contribution in [0.2, 0.25) is 0 Å². The van der Waals surface area contributed by atoms with Gasteiger partial charge in [0.25, 0.3) is 0 Å². The van der Waals surface area contributed by atoms with E-state index in [0.717, 1.165) is 19.4 Å². The van der Waals surface area contributed by atoms with Crippen LogP contribution in [0.4, 0.5) is 0 Å². The number of rotatable bonds is 6. The van der Waals surface area contributed by atoms with Crippen molar-refractivity contribution >= 4 is 0 Å². The van der Waals surface area contributed by atoms with Crippen molar-refractivity contribution in [2.45, 2.75) is 52.2 Å². The van der Waals surface area contributed by atoms with Crippen LogP contribution in [0, 0.1) is 5.92 Å². The van der Waals surface area contributed by atoms with Gasteiger partial charge in [-0.05, 0) is 18.9 Å². The molecule has 1 aliphatic rings. The Balaban J connectivity index is 2.46. The third kappa shape index (κ3) is 5.75. The van der Waals surface area contributed by atoms with Gasteiger partial charge in [0.2, 0.25) is 0 Å². The Kier molecular flexibility index (Phi) is 7.76. The molecule has 0 aliphatic carbocycles. The summed E-state index contributed by atoms with van der Waals surface area (Å²) in [4.78, 5) is 0. The van der Waals surface area contributed by atoms with Gasteiger partial charge in [0.1, 0.15) is 0 Å². The third-order valence-electron chi connectivity index (χ3n) is 3.62. The van der Waals surface area contributed by atoms with E-state index in [9.17, 15) is 0 Å². The second kappa shape index (κ2) is 9.11. The summed E-state index contributed by atoms with van der Waals surface area (Å²) >= 11 is 0. The Morgan fingerprint density at radius 3 is 2.79 bits per heavy atom. The van der Waals surface area contributed by atoms with Gasteiger partial charge in [0.15, 0.2) is 0 Å². The average molecular weight is 264 g/mol. The predicted molar refractivity (Wildman–Crippen MR) is 81.3 cm³/mol. The molecule has 0 aromatic heterocycles. The molecule has 0 amide bonds. The lowest BCUT2D eigenvalue weighted by Crippen LogP contribution is -2.37. The van der Waals surface area contributed by atoms with Gasteiger partial charge in [0.05, 0.1) is 18.8 Å². The van der Waals surface area contributed by atoms with Crippen molar-refractivity contribution in [3.05, 3.63) is 36.0 Å². The monoisotopic (exact) mass is 264 g/mol. The summed E-state index contributed by atoms with van der Waals surface area (Å²) in [6, 6.07) is 0. The number of hydrogen-bond acceptors (Lipinski definition) is 2. The van der Waals surface area contributed by atoms with Crippen LogP contribution in [0.3, 0.4) is 0 Å². The highest BCUT2D eigenvalue weighted by molar-refractivity contribution is 5.18. The fraction of sp³-hybridized carbons (Fsp3) is 0.647.